The molecule has 0 bridgehead atoms. The molecule has 2 aromatic rings. The van der Waals surface area contributed by atoms with Gasteiger partial charge in [-0.3, -0.25) is 9.79 Å². The van der Waals surface area contributed by atoms with E-state index in [-0.39, 0.29) is 5.91 Å². The molecule has 0 fully saturated rings. The summed E-state index contributed by atoms with van der Waals surface area (Å²) < 4.78 is 0. The molecule has 1 amide bonds. The fraction of sp³-hybridized carbons (Fsp3) is 0.176. The van der Waals surface area contributed by atoms with Crippen LogP contribution in [0.5, 0.6) is 0 Å². The van der Waals surface area contributed by atoms with E-state index in [2.05, 4.69) is 32.2 Å². The van der Waals surface area contributed by atoms with Gasteiger partial charge in [-0.1, -0.05) is 12.6 Å². The maximum atomic E-state index is 11.4. The Hall–Kier alpha value is -3.02. The summed E-state index contributed by atoms with van der Waals surface area (Å²) in [6.45, 7) is 9.00. The van der Waals surface area contributed by atoms with Crippen molar-refractivity contribution in [3.63, 3.8) is 0 Å². The number of nitrogens with one attached hydrogen (secondary N) is 2. The minimum absolute atomic E-state index is 0.257. The fourth-order valence-corrected chi connectivity index (χ4v) is 2.08. The van der Waals surface area contributed by atoms with Crippen molar-refractivity contribution in [3.8, 4) is 0 Å². The van der Waals surface area contributed by atoms with Crippen molar-refractivity contribution in [2.75, 3.05) is 10.6 Å². The van der Waals surface area contributed by atoms with E-state index in [1.165, 1.54) is 6.08 Å². The van der Waals surface area contributed by atoms with Crippen molar-refractivity contribution in [1.82, 2.24) is 9.97 Å². The van der Waals surface area contributed by atoms with Crippen LogP contribution in [0.4, 0.5) is 22.9 Å². The smallest absolute Gasteiger partial charge is 0.247 e. The number of carbonyl (C=O) groups is 1. The van der Waals surface area contributed by atoms with Gasteiger partial charge in [0.05, 0.1) is 5.69 Å². The number of aryl methyl sites for hydroxylation is 2. The summed E-state index contributed by atoms with van der Waals surface area (Å²) in [6.07, 6.45) is 2.93. The largest absolute Gasteiger partial charge is 0.338 e. The van der Waals surface area contributed by atoms with Crippen LogP contribution in [0.15, 0.2) is 41.9 Å². The van der Waals surface area contributed by atoms with Crippen LogP contribution >= 0.6 is 0 Å². The van der Waals surface area contributed by atoms with Crippen molar-refractivity contribution in [2.45, 2.75) is 20.8 Å². The second-order valence-electron chi connectivity index (χ2n) is 4.84. The zero-order valence-corrected chi connectivity index (χ0v) is 13.4. The number of benzene rings is 1. The minimum Gasteiger partial charge on any atom is -0.338 e. The average Bonchev–Trinajstić information content (AvgIpc) is 2.51. The number of amides is 1. The molecule has 1 heterocycles. The Labute approximate surface area is 135 Å². The third-order valence-electron chi connectivity index (χ3n) is 3.01. The summed E-state index contributed by atoms with van der Waals surface area (Å²) in [5, 5.41) is 5.95. The highest BCUT2D eigenvalue weighted by Crippen LogP contribution is 2.29. The molecule has 0 saturated carbocycles. The Balaban J connectivity index is 2.34. The quantitative estimate of drug-likeness (QED) is 0.652. The van der Waals surface area contributed by atoms with Gasteiger partial charge in [-0.25, -0.2) is 9.97 Å². The van der Waals surface area contributed by atoms with Crippen molar-refractivity contribution in [1.29, 1.82) is 0 Å². The molecule has 1 aromatic heterocycles. The zero-order valence-electron chi connectivity index (χ0n) is 13.4. The first-order chi connectivity index (χ1) is 11.0. The van der Waals surface area contributed by atoms with Crippen molar-refractivity contribution < 1.29 is 4.79 Å². The van der Waals surface area contributed by atoms with Crippen molar-refractivity contribution in [2.24, 2.45) is 4.99 Å². The van der Waals surface area contributed by atoms with E-state index in [1.54, 1.807) is 12.3 Å². The number of aliphatic imine (C=N–C) groups is 1. The zero-order chi connectivity index (χ0) is 16.8. The summed E-state index contributed by atoms with van der Waals surface area (Å²) in [5.74, 6) is 1.03. The Kier molecular flexibility index (Phi) is 5.19. The van der Waals surface area contributed by atoms with Gasteiger partial charge in [-0.05, 0) is 45.0 Å². The second-order valence-corrected chi connectivity index (χ2v) is 4.84. The van der Waals surface area contributed by atoms with Crippen LogP contribution < -0.4 is 10.6 Å². The second kappa shape index (κ2) is 7.31. The molecule has 0 aliphatic rings. The topological polar surface area (TPSA) is 79.3 Å². The number of hydrogen-bond donors (Lipinski definition) is 2. The lowest BCUT2D eigenvalue weighted by atomic mass is 10.2. The highest BCUT2D eigenvalue weighted by Gasteiger charge is 2.10. The number of carbonyl (C=O) groups excluding carboxylic acids is 1. The van der Waals surface area contributed by atoms with Gasteiger partial charge in [-0.15, -0.1) is 0 Å². The van der Waals surface area contributed by atoms with E-state index < -0.39 is 0 Å². The van der Waals surface area contributed by atoms with Gasteiger partial charge in [0.2, 0.25) is 5.91 Å². The van der Waals surface area contributed by atoms with Crippen LogP contribution in [0.2, 0.25) is 0 Å². The van der Waals surface area contributed by atoms with E-state index >= 15 is 0 Å². The Bertz CT molecular complexity index is 768. The summed E-state index contributed by atoms with van der Waals surface area (Å²) in [4.78, 5) is 24.5. The summed E-state index contributed by atoms with van der Waals surface area (Å²) in [7, 11) is 0. The van der Waals surface area contributed by atoms with E-state index in [0.717, 1.165) is 11.4 Å². The highest BCUT2D eigenvalue weighted by atomic mass is 16.1. The average molecular weight is 309 g/mol. The number of anilines is 3. The molecule has 0 radical (unpaired) electrons. The first-order valence-electron chi connectivity index (χ1n) is 7.18. The van der Waals surface area contributed by atoms with E-state index in [1.807, 2.05) is 39.0 Å². The van der Waals surface area contributed by atoms with Gasteiger partial charge < -0.3 is 10.6 Å². The molecule has 0 saturated heterocycles. The van der Waals surface area contributed by atoms with E-state index in [4.69, 9.17) is 0 Å². The number of rotatable bonds is 5. The molecule has 0 atom stereocenters. The van der Waals surface area contributed by atoms with Crippen LogP contribution in [-0.2, 0) is 4.79 Å². The lowest BCUT2D eigenvalue weighted by molar-refractivity contribution is -0.111. The molecule has 6 heteroatoms. The predicted octanol–water partition coefficient (Wildman–Crippen LogP) is 3.68. The molecule has 0 aliphatic carbocycles. The Morgan fingerprint density at radius 2 is 2.00 bits per heavy atom. The van der Waals surface area contributed by atoms with Gasteiger partial charge in [0, 0.05) is 17.6 Å². The van der Waals surface area contributed by atoms with Crippen molar-refractivity contribution >= 4 is 35.0 Å². The number of hydrogen-bond acceptors (Lipinski definition) is 5. The third kappa shape index (κ3) is 4.23. The van der Waals surface area contributed by atoms with Crippen molar-refractivity contribution in [3.05, 3.63) is 48.4 Å². The Morgan fingerprint density at radius 1 is 1.26 bits per heavy atom. The van der Waals surface area contributed by atoms with Crippen LogP contribution in [0.1, 0.15) is 18.4 Å². The maximum Gasteiger partial charge on any atom is 0.247 e. The number of nitrogens with zero attached hydrogens (tertiary/aromatic N) is 3. The molecule has 23 heavy (non-hydrogen) atoms. The van der Waals surface area contributed by atoms with Gasteiger partial charge in [0.15, 0.2) is 5.82 Å². The summed E-state index contributed by atoms with van der Waals surface area (Å²) in [5.41, 5.74) is 2.95. The standard InChI is InChI=1S/C17H19N5O/c1-5-15(23)21-13-8-7-9-14(10-13)22-17-16(18-6-2)11(3)19-12(4)20-17/h5-10H,1H2,2-4H3,(H,21,23)(H,19,20,22). The SMILES string of the molecule is C=CC(=O)Nc1cccc(Nc2nc(C)nc(C)c2N=CC)c1. The first-order valence-corrected chi connectivity index (χ1v) is 7.18. The normalized spacial score (nSPS) is 10.6. The summed E-state index contributed by atoms with van der Waals surface area (Å²) >= 11 is 0. The highest BCUT2D eigenvalue weighted by molar-refractivity contribution is 5.99. The van der Waals surface area contributed by atoms with Crippen LogP contribution in [0.25, 0.3) is 0 Å². The predicted molar refractivity (Wildman–Crippen MR) is 93.9 cm³/mol. The fourth-order valence-electron chi connectivity index (χ4n) is 2.08. The minimum atomic E-state index is -0.257. The van der Waals surface area contributed by atoms with Crippen LogP contribution in [-0.4, -0.2) is 22.1 Å². The molecule has 0 aliphatic heterocycles. The molecule has 118 valence electrons. The van der Waals surface area contributed by atoms with Gasteiger partial charge in [0.25, 0.3) is 0 Å². The molecule has 0 unspecified atom stereocenters. The lowest BCUT2D eigenvalue weighted by Gasteiger charge is -2.12. The molecular weight excluding hydrogens is 290 g/mol. The monoisotopic (exact) mass is 309 g/mol. The van der Waals surface area contributed by atoms with Gasteiger partial charge in [-0.2, -0.15) is 0 Å². The van der Waals surface area contributed by atoms with Crippen LogP contribution in [0.3, 0.4) is 0 Å². The Morgan fingerprint density at radius 3 is 2.70 bits per heavy atom. The summed E-state index contributed by atoms with van der Waals surface area (Å²) in [6, 6.07) is 7.34. The van der Waals surface area contributed by atoms with Gasteiger partial charge in [0.1, 0.15) is 11.5 Å². The van der Waals surface area contributed by atoms with Gasteiger partial charge >= 0.3 is 0 Å². The molecule has 2 N–H and O–H groups in total. The molecular formula is C17H19N5O. The van der Waals surface area contributed by atoms with Crippen LogP contribution in [0, 0.1) is 13.8 Å². The third-order valence-corrected chi connectivity index (χ3v) is 3.01. The number of aromatic nitrogens is 2. The lowest BCUT2D eigenvalue weighted by Crippen LogP contribution is -2.07. The molecule has 1 aromatic carbocycles. The molecule has 2 rings (SSSR count). The first kappa shape index (κ1) is 16.4. The van der Waals surface area contributed by atoms with E-state index in [9.17, 15) is 4.79 Å². The molecule has 0 spiro atoms. The maximum absolute atomic E-state index is 11.4. The van der Waals surface area contributed by atoms with E-state index in [0.29, 0.717) is 23.0 Å². The molecule has 6 nitrogen and oxygen atoms in total.